The summed E-state index contributed by atoms with van der Waals surface area (Å²) >= 11 is 0. The maximum atomic E-state index is 12.2. The minimum atomic E-state index is -0.420. The van der Waals surface area contributed by atoms with Crippen LogP contribution in [0.2, 0.25) is 0 Å². The fourth-order valence-electron chi connectivity index (χ4n) is 2.31. The van der Waals surface area contributed by atoms with Gasteiger partial charge in [0, 0.05) is 37.3 Å². The molecule has 0 fully saturated rings. The molecule has 0 aromatic heterocycles. The van der Waals surface area contributed by atoms with E-state index in [0.717, 1.165) is 16.8 Å². The fourth-order valence-corrected chi connectivity index (χ4v) is 2.31. The maximum Gasteiger partial charge on any atom is 0.269 e. The molecule has 0 aliphatic carbocycles. The predicted molar refractivity (Wildman–Crippen MR) is 76.6 cm³/mol. The number of amides is 1. The topological polar surface area (TPSA) is 89.5 Å². The van der Waals surface area contributed by atoms with Crippen LogP contribution < -0.4 is 10.6 Å². The Morgan fingerprint density at radius 1 is 1.45 bits per heavy atom. The van der Waals surface area contributed by atoms with Gasteiger partial charge in [0.25, 0.3) is 5.69 Å². The molecule has 2 rings (SSSR count). The molecule has 2 N–H and O–H groups in total. The van der Waals surface area contributed by atoms with Gasteiger partial charge < -0.3 is 10.6 Å². The summed E-state index contributed by atoms with van der Waals surface area (Å²) in [5.41, 5.74) is 7.89. The molecule has 0 saturated heterocycles. The van der Waals surface area contributed by atoms with Gasteiger partial charge in [-0.15, -0.1) is 0 Å². The molecular formula is C14H17N3O3. The number of nitro groups is 1. The third-order valence-electron chi connectivity index (χ3n) is 3.37. The molecule has 1 aliphatic heterocycles. The van der Waals surface area contributed by atoms with Crippen LogP contribution in [0.15, 0.2) is 30.4 Å². The number of anilines is 1. The van der Waals surface area contributed by atoms with Crippen LogP contribution in [0.1, 0.15) is 18.4 Å². The first-order valence-corrected chi connectivity index (χ1v) is 6.47. The van der Waals surface area contributed by atoms with Gasteiger partial charge in [-0.3, -0.25) is 14.9 Å². The molecule has 20 heavy (non-hydrogen) atoms. The molecular weight excluding hydrogens is 258 g/mol. The summed E-state index contributed by atoms with van der Waals surface area (Å²) in [5.74, 6) is 0.00667. The Balaban J connectivity index is 2.41. The first-order chi connectivity index (χ1) is 9.52. The summed E-state index contributed by atoms with van der Waals surface area (Å²) in [6, 6.07) is 4.61. The van der Waals surface area contributed by atoms with E-state index >= 15 is 0 Å². The summed E-state index contributed by atoms with van der Waals surface area (Å²) in [6.45, 7) is 4.50. The zero-order valence-corrected chi connectivity index (χ0v) is 11.2. The lowest BCUT2D eigenvalue weighted by atomic mass is 10.1. The number of non-ortho nitro benzene ring substituents is 1. The number of hydrogen-bond acceptors (Lipinski definition) is 4. The van der Waals surface area contributed by atoms with E-state index in [1.54, 1.807) is 17.0 Å². The minimum absolute atomic E-state index is 0.00667. The van der Waals surface area contributed by atoms with E-state index in [2.05, 4.69) is 6.58 Å². The molecule has 6 heteroatoms. The number of carbonyl (C=O) groups is 1. The van der Waals surface area contributed by atoms with E-state index in [9.17, 15) is 14.9 Å². The zero-order chi connectivity index (χ0) is 14.7. The third-order valence-corrected chi connectivity index (χ3v) is 3.37. The molecule has 106 valence electrons. The second-order valence-electron chi connectivity index (χ2n) is 4.86. The average molecular weight is 275 g/mol. The Kier molecular flexibility index (Phi) is 4.14. The molecule has 0 radical (unpaired) electrons. The Labute approximate surface area is 117 Å². The van der Waals surface area contributed by atoms with Crippen molar-refractivity contribution in [2.45, 2.75) is 19.3 Å². The van der Waals surface area contributed by atoms with Crippen LogP contribution in [0.5, 0.6) is 0 Å². The number of nitro benzene ring substituents is 1. The van der Waals surface area contributed by atoms with E-state index in [0.29, 0.717) is 32.4 Å². The normalized spacial score (nSPS) is 14.7. The molecule has 1 aromatic carbocycles. The lowest BCUT2D eigenvalue weighted by Crippen LogP contribution is -2.33. The number of nitrogens with zero attached hydrogens (tertiary/aromatic N) is 2. The number of carbonyl (C=O) groups excluding carboxylic acids is 1. The van der Waals surface area contributed by atoms with Gasteiger partial charge in [0.2, 0.25) is 5.91 Å². The second kappa shape index (κ2) is 5.83. The summed E-state index contributed by atoms with van der Waals surface area (Å²) in [5, 5.41) is 10.8. The van der Waals surface area contributed by atoms with Crippen molar-refractivity contribution in [3.63, 3.8) is 0 Å². The van der Waals surface area contributed by atoms with Gasteiger partial charge in [0.1, 0.15) is 0 Å². The van der Waals surface area contributed by atoms with Gasteiger partial charge in [-0.1, -0.05) is 6.58 Å². The Hall–Kier alpha value is -2.21. The number of fused-ring (bicyclic) bond motifs is 1. The first-order valence-electron chi connectivity index (χ1n) is 6.47. The van der Waals surface area contributed by atoms with Crippen molar-refractivity contribution < 1.29 is 9.72 Å². The molecule has 1 heterocycles. The van der Waals surface area contributed by atoms with Crippen molar-refractivity contribution in [1.82, 2.24) is 0 Å². The van der Waals surface area contributed by atoms with Crippen molar-refractivity contribution in [2.75, 3.05) is 18.0 Å². The van der Waals surface area contributed by atoms with Gasteiger partial charge in [0.15, 0.2) is 0 Å². The largest absolute Gasteiger partial charge is 0.327 e. The van der Waals surface area contributed by atoms with Crippen molar-refractivity contribution in [2.24, 2.45) is 5.73 Å². The Morgan fingerprint density at radius 3 is 2.85 bits per heavy atom. The minimum Gasteiger partial charge on any atom is -0.327 e. The van der Waals surface area contributed by atoms with E-state index < -0.39 is 4.92 Å². The monoisotopic (exact) mass is 275 g/mol. The van der Waals surface area contributed by atoms with Crippen LogP contribution in [0.25, 0.3) is 0 Å². The van der Waals surface area contributed by atoms with E-state index in [-0.39, 0.29) is 11.6 Å². The van der Waals surface area contributed by atoms with Crippen molar-refractivity contribution >= 4 is 17.3 Å². The summed E-state index contributed by atoms with van der Waals surface area (Å²) in [7, 11) is 0. The van der Waals surface area contributed by atoms with Crippen LogP contribution in [0.3, 0.4) is 0 Å². The molecule has 0 saturated carbocycles. The molecule has 6 nitrogen and oxygen atoms in total. The average Bonchev–Trinajstić information content (AvgIpc) is 2.58. The van der Waals surface area contributed by atoms with Crippen molar-refractivity contribution in [3.8, 4) is 0 Å². The van der Waals surface area contributed by atoms with Crippen molar-refractivity contribution in [1.29, 1.82) is 0 Å². The highest BCUT2D eigenvalue weighted by molar-refractivity contribution is 5.95. The SMILES string of the molecule is C=C(CN)CN1C(=O)CCCc2cc([N+](=O)[O-])ccc21. The number of nitrogens with two attached hydrogens (primary N) is 1. The smallest absolute Gasteiger partial charge is 0.269 e. The van der Waals surface area contributed by atoms with Crippen LogP contribution in [0.4, 0.5) is 11.4 Å². The summed E-state index contributed by atoms with van der Waals surface area (Å²) in [4.78, 5) is 24.2. The number of rotatable bonds is 4. The Morgan fingerprint density at radius 2 is 2.20 bits per heavy atom. The van der Waals surface area contributed by atoms with E-state index in [4.69, 9.17) is 5.73 Å². The molecule has 1 amide bonds. The molecule has 1 aliphatic rings. The van der Waals surface area contributed by atoms with Gasteiger partial charge in [0.05, 0.1) is 4.92 Å². The molecule has 0 bridgehead atoms. The Bertz CT molecular complexity index is 569. The number of benzene rings is 1. The lowest BCUT2D eigenvalue weighted by Gasteiger charge is -2.23. The standard InChI is InChI=1S/C14H17N3O3/c1-10(8-15)9-16-13-6-5-12(17(19)20)7-11(13)3-2-4-14(16)18/h5-7H,1-4,8-9,15H2. The third kappa shape index (κ3) is 2.85. The quantitative estimate of drug-likeness (QED) is 0.515. The highest BCUT2D eigenvalue weighted by Gasteiger charge is 2.24. The number of hydrogen-bond donors (Lipinski definition) is 1. The summed E-state index contributed by atoms with van der Waals surface area (Å²) < 4.78 is 0. The molecule has 0 spiro atoms. The molecule has 0 unspecified atom stereocenters. The highest BCUT2D eigenvalue weighted by Crippen LogP contribution is 2.30. The van der Waals surface area contributed by atoms with Crippen LogP contribution >= 0.6 is 0 Å². The van der Waals surface area contributed by atoms with Crippen molar-refractivity contribution in [3.05, 3.63) is 46.0 Å². The second-order valence-corrected chi connectivity index (χ2v) is 4.86. The van der Waals surface area contributed by atoms with Gasteiger partial charge in [-0.05, 0) is 30.0 Å². The van der Waals surface area contributed by atoms with E-state index in [1.807, 2.05) is 0 Å². The van der Waals surface area contributed by atoms with Crippen LogP contribution in [0, 0.1) is 10.1 Å². The van der Waals surface area contributed by atoms with Crippen LogP contribution in [-0.4, -0.2) is 23.9 Å². The van der Waals surface area contributed by atoms with E-state index in [1.165, 1.54) is 6.07 Å². The van der Waals surface area contributed by atoms with Gasteiger partial charge in [-0.25, -0.2) is 0 Å². The maximum absolute atomic E-state index is 12.2. The van der Waals surface area contributed by atoms with Crippen LogP contribution in [-0.2, 0) is 11.2 Å². The zero-order valence-electron chi connectivity index (χ0n) is 11.2. The highest BCUT2D eigenvalue weighted by atomic mass is 16.6. The van der Waals surface area contributed by atoms with Gasteiger partial charge >= 0.3 is 0 Å². The van der Waals surface area contributed by atoms with Gasteiger partial charge in [-0.2, -0.15) is 0 Å². The first kappa shape index (κ1) is 14.2. The number of aryl methyl sites for hydroxylation is 1. The molecule has 1 aromatic rings. The fraction of sp³-hybridized carbons (Fsp3) is 0.357. The molecule has 0 atom stereocenters. The summed E-state index contributed by atoms with van der Waals surface area (Å²) in [6.07, 6.45) is 1.79. The predicted octanol–water partition coefficient (Wildman–Crippen LogP) is 1.78. The lowest BCUT2D eigenvalue weighted by molar-refractivity contribution is -0.384.